The minimum Gasteiger partial charge on any atom is -0.380 e. The molecule has 3 nitrogen and oxygen atoms in total. The average molecular weight is 233 g/mol. The molecule has 16 heavy (non-hydrogen) atoms. The van der Waals surface area contributed by atoms with E-state index in [0.29, 0.717) is 0 Å². The average Bonchev–Trinajstić information content (AvgIpc) is 2.80. The third-order valence-electron chi connectivity index (χ3n) is 2.33. The summed E-state index contributed by atoms with van der Waals surface area (Å²) in [7, 11) is 4.08. The molecule has 84 valence electrons. The molecule has 2 rings (SSSR count). The van der Waals surface area contributed by atoms with Crippen molar-refractivity contribution in [2.24, 2.45) is 0 Å². The maximum Gasteiger partial charge on any atom is 0.0794 e. The molecule has 1 aromatic carbocycles. The molecule has 0 bridgehead atoms. The predicted octanol–water partition coefficient (Wildman–Crippen LogP) is 2.82. The lowest BCUT2D eigenvalue weighted by atomic mass is 10.2. The molecule has 0 fully saturated rings. The molecule has 0 aliphatic heterocycles. The summed E-state index contributed by atoms with van der Waals surface area (Å²) in [5, 5.41) is 3.37. The molecule has 0 saturated carbocycles. The first kappa shape index (κ1) is 11.0. The molecular formula is C12H15N3S. The second kappa shape index (κ2) is 4.99. The van der Waals surface area contributed by atoms with Gasteiger partial charge in [-0.1, -0.05) is 0 Å². The molecule has 1 aromatic heterocycles. The first-order valence-corrected chi connectivity index (χ1v) is 6.02. The van der Waals surface area contributed by atoms with Crippen molar-refractivity contribution in [3.05, 3.63) is 40.8 Å². The summed E-state index contributed by atoms with van der Waals surface area (Å²) in [5.74, 6) is 0. The van der Waals surface area contributed by atoms with Gasteiger partial charge < -0.3 is 10.2 Å². The lowest BCUT2D eigenvalue weighted by Gasteiger charge is -2.13. The zero-order valence-electron chi connectivity index (χ0n) is 9.47. The van der Waals surface area contributed by atoms with Crippen molar-refractivity contribution in [2.45, 2.75) is 6.54 Å². The maximum atomic E-state index is 4.04. The Hall–Kier alpha value is -1.55. The Morgan fingerprint density at radius 2 is 2.00 bits per heavy atom. The Balaban J connectivity index is 1.95. The third-order valence-corrected chi connectivity index (χ3v) is 3.11. The second-order valence-electron chi connectivity index (χ2n) is 3.76. The monoisotopic (exact) mass is 233 g/mol. The molecule has 4 heteroatoms. The van der Waals surface area contributed by atoms with Crippen LogP contribution in [0.1, 0.15) is 4.88 Å². The first-order chi connectivity index (χ1) is 7.75. The summed E-state index contributed by atoms with van der Waals surface area (Å²) in [5.41, 5.74) is 4.20. The number of anilines is 2. The number of hydrogen-bond acceptors (Lipinski definition) is 4. The normalized spacial score (nSPS) is 10.1. The van der Waals surface area contributed by atoms with E-state index in [-0.39, 0.29) is 0 Å². The van der Waals surface area contributed by atoms with Crippen LogP contribution < -0.4 is 10.2 Å². The zero-order valence-corrected chi connectivity index (χ0v) is 10.3. The second-order valence-corrected chi connectivity index (χ2v) is 4.73. The fraction of sp³-hybridized carbons (Fsp3) is 0.250. The number of thiazole rings is 1. The quantitative estimate of drug-likeness (QED) is 0.880. The van der Waals surface area contributed by atoms with Crippen LogP contribution >= 0.6 is 11.3 Å². The van der Waals surface area contributed by atoms with Crippen LogP contribution in [0, 0.1) is 0 Å². The van der Waals surface area contributed by atoms with E-state index in [1.807, 2.05) is 25.8 Å². The minimum atomic E-state index is 0.839. The van der Waals surface area contributed by atoms with E-state index in [2.05, 4.69) is 39.5 Å². The van der Waals surface area contributed by atoms with Gasteiger partial charge in [-0.15, -0.1) is 11.3 Å². The fourth-order valence-electron chi connectivity index (χ4n) is 1.40. The van der Waals surface area contributed by atoms with Crippen molar-refractivity contribution in [3.63, 3.8) is 0 Å². The molecule has 1 N–H and O–H groups in total. The number of benzene rings is 1. The van der Waals surface area contributed by atoms with Crippen LogP contribution in [0.4, 0.5) is 11.4 Å². The lowest BCUT2D eigenvalue weighted by Crippen LogP contribution is -2.08. The largest absolute Gasteiger partial charge is 0.380 e. The van der Waals surface area contributed by atoms with Gasteiger partial charge >= 0.3 is 0 Å². The molecule has 0 amide bonds. The zero-order chi connectivity index (χ0) is 11.4. The molecule has 0 saturated heterocycles. The van der Waals surface area contributed by atoms with Crippen LogP contribution in [0.3, 0.4) is 0 Å². The summed E-state index contributed by atoms with van der Waals surface area (Å²) < 4.78 is 0. The minimum absolute atomic E-state index is 0.839. The molecular weight excluding hydrogens is 218 g/mol. The van der Waals surface area contributed by atoms with Gasteiger partial charge in [0, 0.05) is 36.5 Å². The summed E-state index contributed by atoms with van der Waals surface area (Å²) in [4.78, 5) is 7.38. The predicted molar refractivity (Wildman–Crippen MR) is 70.2 cm³/mol. The van der Waals surface area contributed by atoms with Crippen LogP contribution in [-0.2, 0) is 6.54 Å². The summed E-state index contributed by atoms with van der Waals surface area (Å²) in [6, 6.07) is 8.40. The Kier molecular flexibility index (Phi) is 3.41. The number of rotatable bonds is 4. The lowest BCUT2D eigenvalue weighted by molar-refractivity contribution is 1.13. The van der Waals surface area contributed by atoms with Crippen molar-refractivity contribution in [1.82, 2.24) is 4.98 Å². The van der Waals surface area contributed by atoms with E-state index < -0.39 is 0 Å². The van der Waals surface area contributed by atoms with Gasteiger partial charge in [-0.05, 0) is 24.3 Å². The van der Waals surface area contributed by atoms with Gasteiger partial charge in [-0.25, -0.2) is 0 Å². The SMILES string of the molecule is CN(C)c1ccc(NCc2cncs2)cc1. The Morgan fingerprint density at radius 1 is 1.25 bits per heavy atom. The van der Waals surface area contributed by atoms with Gasteiger partial charge in [-0.2, -0.15) is 0 Å². The highest BCUT2D eigenvalue weighted by Crippen LogP contribution is 2.16. The molecule has 2 aromatic rings. The number of hydrogen-bond donors (Lipinski definition) is 1. The fourth-order valence-corrected chi connectivity index (χ4v) is 1.93. The van der Waals surface area contributed by atoms with Crippen molar-refractivity contribution >= 4 is 22.7 Å². The van der Waals surface area contributed by atoms with Crippen LogP contribution in [0.2, 0.25) is 0 Å². The molecule has 0 unspecified atom stereocenters. The van der Waals surface area contributed by atoms with Crippen LogP contribution in [-0.4, -0.2) is 19.1 Å². The molecule has 0 spiro atoms. The van der Waals surface area contributed by atoms with Crippen LogP contribution in [0.25, 0.3) is 0 Å². The highest BCUT2D eigenvalue weighted by Gasteiger charge is 1.97. The van der Waals surface area contributed by atoms with Crippen molar-refractivity contribution in [3.8, 4) is 0 Å². The van der Waals surface area contributed by atoms with Gasteiger partial charge in [0.1, 0.15) is 0 Å². The highest BCUT2D eigenvalue weighted by molar-refractivity contribution is 7.09. The van der Waals surface area contributed by atoms with E-state index in [4.69, 9.17) is 0 Å². The number of nitrogens with one attached hydrogen (secondary N) is 1. The van der Waals surface area contributed by atoms with Crippen molar-refractivity contribution < 1.29 is 0 Å². The van der Waals surface area contributed by atoms with E-state index in [0.717, 1.165) is 12.2 Å². The summed E-state index contributed by atoms with van der Waals surface area (Å²) >= 11 is 1.67. The molecule has 1 heterocycles. The van der Waals surface area contributed by atoms with Crippen LogP contribution in [0.15, 0.2) is 36.0 Å². The Labute approximate surface area is 99.8 Å². The van der Waals surface area contributed by atoms with Crippen LogP contribution in [0.5, 0.6) is 0 Å². The number of aromatic nitrogens is 1. The first-order valence-electron chi connectivity index (χ1n) is 5.14. The van der Waals surface area contributed by atoms with E-state index in [1.165, 1.54) is 10.6 Å². The van der Waals surface area contributed by atoms with Crippen molar-refractivity contribution in [2.75, 3.05) is 24.3 Å². The maximum absolute atomic E-state index is 4.04. The van der Waals surface area contributed by atoms with E-state index in [9.17, 15) is 0 Å². The highest BCUT2D eigenvalue weighted by atomic mass is 32.1. The van der Waals surface area contributed by atoms with Crippen molar-refractivity contribution in [1.29, 1.82) is 0 Å². The molecule has 0 aliphatic carbocycles. The molecule has 0 atom stereocenters. The van der Waals surface area contributed by atoms with Gasteiger partial charge in [0.05, 0.1) is 12.1 Å². The smallest absolute Gasteiger partial charge is 0.0794 e. The van der Waals surface area contributed by atoms with Gasteiger partial charge in [0.25, 0.3) is 0 Å². The summed E-state index contributed by atoms with van der Waals surface area (Å²) in [6.07, 6.45) is 1.89. The van der Waals surface area contributed by atoms with E-state index in [1.54, 1.807) is 11.3 Å². The standard InChI is InChI=1S/C12H15N3S/c1-15(2)11-5-3-10(4-6-11)14-8-12-7-13-9-16-12/h3-7,9,14H,8H2,1-2H3. The number of nitrogens with zero attached hydrogens (tertiary/aromatic N) is 2. The van der Waals surface area contributed by atoms with Gasteiger partial charge in [0.2, 0.25) is 0 Å². The Bertz CT molecular complexity index is 420. The Morgan fingerprint density at radius 3 is 2.56 bits per heavy atom. The van der Waals surface area contributed by atoms with E-state index >= 15 is 0 Å². The molecule has 0 radical (unpaired) electrons. The third kappa shape index (κ3) is 2.73. The van der Waals surface area contributed by atoms with Gasteiger partial charge in [0.15, 0.2) is 0 Å². The topological polar surface area (TPSA) is 28.2 Å². The molecule has 0 aliphatic rings. The summed E-state index contributed by atoms with van der Waals surface area (Å²) in [6.45, 7) is 0.839. The van der Waals surface area contributed by atoms with Gasteiger partial charge in [-0.3, -0.25) is 4.98 Å².